The maximum Gasteiger partial charge on any atom is 0.260 e. The molecular weight excluding hydrogens is 406 g/mol. The molecule has 1 aliphatic heterocycles. The van der Waals surface area contributed by atoms with Crippen LogP contribution in [-0.2, 0) is 4.79 Å². The van der Waals surface area contributed by atoms with Crippen LogP contribution in [0.25, 0.3) is 0 Å². The minimum atomic E-state index is -0.493. The van der Waals surface area contributed by atoms with Crippen LogP contribution in [0.15, 0.2) is 36.4 Å². The molecule has 2 aromatic carbocycles. The molecule has 0 saturated carbocycles. The summed E-state index contributed by atoms with van der Waals surface area (Å²) in [5.41, 5.74) is 1.11. The lowest BCUT2D eigenvalue weighted by Crippen LogP contribution is -2.51. The predicted octanol–water partition coefficient (Wildman–Crippen LogP) is 3.80. The van der Waals surface area contributed by atoms with E-state index in [1.165, 1.54) is 12.1 Å². The van der Waals surface area contributed by atoms with Gasteiger partial charge in [0.1, 0.15) is 11.6 Å². The maximum atomic E-state index is 13.2. The van der Waals surface area contributed by atoms with Crippen molar-refractivity contribution in [3.8, 4) is 5.75 Å². The van der Waals surface area contributed by atoms with Crippen molar-refractivity contribution in [3.05, 3.63) is 63.4 Å². The number of piperazine rings is 1. The summed E-state index contributed by atoms with van der Waals surface area (Å²) in [6, 6.07) is 8.90. The molecule has 2 aromatic rings. The van der Waals surface area contributed by atoms with Crippen LogP contribution in [0.2, 0.25) is 10.0 Å². The van der Waals surface area contributed by atoms with Gasteiger partial charge in [0.25, 0.3) is 11.8 Å². The zero-order valence-corrected chi connectivity index (χ0v) is 16.8. The van der Waals surface area contributed by atoms with Crippen molar-refractivity contribution in [1.82, 2.24) is 9.80 Å². The molecule has 0 bridgehead atoms. The van der Waals surface area contributed by atoms with E-state index in [9.17, 15) is 14.0 Å². The van der Waals surface area contributed by atoms with Gasteiger partial charge in [-0.15, -0.1) is 0 Å². The Labute approximate surface area is 172 Å². The van der Waals surface area contributed by atoms with E-state index in [-0.39, 0.29) is 29.0 Å². The highest BCUT2D eigenvalue weighted by Gasteiger charge is 2.26. The summed E-state index contributed by atoms with van der Waals surface area (Å²) in [6.07, 6.45) is 0. The van der Waals surface area contributed by atoms with Gasteiger partial charge in [-0.25, -0.2) is 4.39 Å². The molecule has 8 heteroatoms. The molecule has 5 nitrogen and oxygen atoms in total. The monoisotopic (exact) mass is 424 g/mol. The molecule has 0 N–H and O–H groups in total. The fourth-order valence-corrected chi connectivity index (χ4v) is 3.47. The van der Waals surface area contributed by atoms with Crippen LogP contribution in [0.3, 0.4) is 0 Å². The highest BCUT2D eigenvalue weighted by atomic mass is 35.5. The largest absolute Gasteiger partial charge is 0.483 e. The van der Waals surface area contributed by atoms with Crippen LogP contribution in [0, 0.1) is 12.7 Å². The van der Waals surface area contributed by atoms with Gasteiger partial charge in [-0.05, 0) is 48.9 Å². The molecule has 0 aromatic heterocycles. The lowest BCUT2D eigenvalue weighted by molar-refractivity contribution is -0.134. The second-order valence-corrected chi connectivity index (χ2v) is 7.34. The highest BCUT2D eigenvalue weighted by Crippen LogP contribution is 2.22. The van der Waals surface area contributed by atoms with E-state index in [4.69, 9.17) is 27.9 Å². The number of halogens is 3. The summed E-state index contributed by atoms with van der Waals surface area (Å²) >= 11 is 11.9. The third-order valence-corrected chi connectivity index (χ3v) is 5.12. The fraction of sp³-hybridized carbons (Fsp3) is 0.300. The summed E-state index contributed by atoms with van der Waals surface area (Å²) in [6.45, 7) is 3.31. The smallest absolute Gasteiger partial charge is 0.260 e. The van der Waals surface area contributed by atoms with Gasteiger partial charge in [-0.3, -0.25) is 9.59 Å². The Kier molecular flexibility index (Phi) is 6.42. The van der Waals surface area contributed by atoms with E-state index < -0.39 is 5.82 Å². The fourth-order valence-electron chi connectivity index (χ4n) is 3.00. The van der Waals surface area contributed by atoms with Gasteiger partial charge in [0.2, 0.25) is 0 Å². The second kappa shape index (κ2) is 8.80. The van der Waals surface area contributed by atoms with Crippen LogP contribution >= 0.6 is 23.2 Å². The summed E-state index contributed by atoms with van der Waals surface area (Å²) in [7, 11) is 0. The second-order valence-electron chi connectivity index (χ2n) is 6.50. The normalized spacial score (nSPS) is 14.1. The van der Waals surface area contributed by atoms with Gasteiger partial charge in [0.15, 0.2) is 6.61 Å². The van der Waals surface area contributed by atoms with E-state index in [1.54, 1.807) is 28.0 Å². The van der Waals surface area contributed by atoms with Gasteiger partial charge in [-0.1, -0.05) is 23.2 Å². The Balaban J connectivity index is 1.53. The molecule has 28 heavy (non-hydrogen) atoms. The number of carbonyl (C=O) groups is 2. The number of hydrogen-bond donors (Lipinski definition) is 0. The first-order valence-electron chi connectivity index (χ1n) is 8.76. The number of hydrogen-bond acceptors (Lipinski definition) is 3. The lowest BCUT2D eigenvalue weighted by Gasteiger charge is -2.35. The van der Waals surface area contributed by atoms with E-state index >= 15 is 0 Å². The molecule has 1 saturated heterocycles. The van der Waals surface area contributed by atoms with Crippen molar-refractivity contribution in [2.75, 3.05) is 32.8 Å². The number of benzene rings is 2. The lowest BCUT2D eigenvalue weighted by atomic mass is 10.1. The van der Waals surface area contributed by atoms with Gasteiger partial charge < -0.3 is 14.5 Å². The van der Waals surface area contributed by atoms with E-state index in [2.05, 4.69) is 0 Å². The van der Waals surface area contributed by atoms with E-state index in [0.717, 1.165) is 11.6 Å². The zero-order chi connectivity index (χ0) is 20.3. The first kappa shape index (κ1) is 20.4. The van der Waals surface area contributed by atoms with Crippen molar-refractivity contribution in [3.63, 3.8) is 0 Å². The molecule has 0 radical (unpaired) electrons. The standard InChI is InChI=1S/C20H19Cl2FN2O3/c1-13-10-14(21)2-5-18(13)28-12-19(26)24-6-8-25(9-7-24)20(27)16-4-3-15(23)11-17(16)22/h2-5,10-11H,6-9,12H2,1H3. The third-order valence-electron chi connectivity index (χ3n) is 4.57. The van der Waals surface area contributed by atoms with Crippen LogP contribution < -0.4 is 4.74 Å². The van der Waals surface area contributed by atoms with Crippen molar-refractivity contribution >= 4 is 35.0 Å². The third kappa shape index (κ3) is 4.75. The van der Waals surface area contributed by atoms with Crippen LogP contribution in [0.5, 0.6) is 5.75 Å². The van der Waals surface area contributed by atoms with Crippen molar-refractivity contribution in [2.45, 2.75) is 6.92 Å². The molecule has 3 rings (SSSR count). The highest BCUT2D eigenvalue weighted by molar-refractivity contribution is 6.33. The SMILES string of the molecule is Cc1cc(Cl)ccc1OCC(=O)N1CCN(C(=O)c2ccc(F)cc2Cl)CC1. The molecular formula is C20H19Cl2FN2O3. The topological polar surface area (TPSA) is 49.9 Å². The molecule has 0 unspecified atom stereocenters. The summed E-state index contributed by atoms with van der Waals surface area (Å²) in [5, 5.41) is 0.688. The number of ether oxygens (including phenoxy) is 1. The molecule has 1 fully saturated rings. The summed E-state index contributed by atoms with van der Waals surface area (Å²) < 4.78 is 18.8. The summed E-state index contributed by atoms with van der Waals surface area (Å²) in [4.78, 5) is 28.2. The summed E-state index contributed by atoms with van der Waals surface area (Å²) in [5.74, 6) is -0.309. The Bertz CT molecular complexity index is 899. The van der Waals surface area contributed by atoms with Crippen molar-refractivity contribution < 1.29 is 18.7 Å². The minimum Gasteiger partial charge on any atom is -0.483 e. The Hall–Kier alpha value is -2.31. The average Bonchev–Trinajstić information content (AvgIpc) is 2.67. The number of nitrogens with zero attached hydrogens (tertiary/aromatic N) is 2. The number of rotatable bonds is 4. The molecule has 0 atom stereocenters. The first-order chi connectivity index (χ1) is 13.3. The minimum absolute atomic E-state index is 0.0789. The zero-order valence-electron chi connectivity index (χ0n) is 15.3. The molecule has 2 amide bonds. The van der Waals surface area contributed by atoms with Crippen LogP contribution in [0.1, 0.15) is 15.9 Å². The van der Waals surface area contributed by atoms with Gasteiger partial charge in [0.05, 0.1) is 10.6 Å². The molecule has 1 heterocycles. The van der Waals surface area contributed by atoms with Crippen molar-refractivity contribution in [1.29, 1.82) is 0 Å². The average molecular weight is 425 g/mol. The van der Waals surface area contributed by atoms with Crippen LogP contribution in [-0.4, -0.2) is 54.4 Å². The van der Waals surface area contributed by atoms with Crippen molar-refractivity contribution in [2.24, 2.45) is 0 Å². The van der Waals surface area contributed by atoms with Gasteiger partial charge >= 0.3 is 0 Å². The Morgan fingerprint density at radius 1 is 1.04 bits per heavy atom. The molecule has 0 aliphatic carbocycles. The Morgan fingerprint density at radius 2 is 1.71 bits per heavy atom. The van der Waals surface area contributed by atoms with E-state index in [1.807, 2.05) is 6.92 Å². The van der Waals surface area contributed by atoms with E-state index in [0.29, 0.717) is 37.0 Å². The Morgan fingerprint density at radius 3 is 2.36 bits per heavy atom. The predicted molar refractivity (Wildman–Crippen MR) is 106 cm³/mol. The van der Waals surface area contributed by atoms with Gasteiger partial charge in [0, 0.05) is 31.2 Å². The number of carbonyl (C=O) groups excluding carboxylic acids is 2. The quantitative estimate of drug-likeness (QED) is 0.749. The first-order valence-corrected chi connectivity index (χ1v) is 9.52. The molecule has 0 spiro atoms. The number of amides is 2. The van der Waals surface area contributed by atoms with Crippen LogP contribution in [0.4, 0.5) is 4.39 Å². The van der Waals surface area contributed by atoms with Gasteiger partial charge in [-0.2, -0.15) is 0 Å². The maximum absolute atomic E-state index is 13.2. The molecule has 1 aliphatic rings. The molecule has 148 valence electrons. The number of aryl methyl sites for hydroxylation is 1.